The van der Waals surface area contributed by atoms with E-state index in [0.29, 0.717) is 35.1 Å². The van der Waals surface area contributed by atoms with Crippen molar-refractivity contribution >= 4 is 17.5 Å². The van der Waals surface area contributed by atoms with Crippen molar-refractivity contribution in [2.45, 2.75) is 6.42 Å². The Bertz CT molecular complexity index is 1160. The second kappa shape index (κ2) is 8.93. The number of carbonyl (C=O) groups is 1. The fourth-order valence-corrected chi connectivity index (χ4v) is 3.41. The van der Waals surface area contributed by atoms with Gasteiger partial charge >= 0.3 is 0 Å². The molecular formula is C24H19ClFN3O. The van der Waals surface area contributed by atoms with Gasteiger partial charge in [-0.25, -0.2) is 9.07 Å². The minimum absolute atomic E-state index is 0.263. The van der Waals surface area contributed by atoms with Crippen LogP contribution in [0, 0.1) is 5.82 Å². The third-order valence-electron chi connectivity index (χ3n) is 4.71. The van der Waals surface area contributed by atoms with Crippen LogP contribution in [0.3, 0.4) is 0 Å². The number of carbonyl (C=O) groups excluding carboxylic acids is 1. The third-order valence-corrected chi connectivity index (χ3v) is 5.03. The molecule has 1 N–H and O–H groups in total. The average Bonchev–Trinajstić information content (AvgIpc) is 3.20. The van der Waals surface area contributed by atoms with Crippen molar-refractivity contribution in [2.24, 2.45) is 0 Å². The lowest BCUT2D eigenvalue weighted by atomic mass is 10.1. The van der Waals surface area contributed by atoms with E-state index in [4.69, 9.17) is 11.6 Å². The molecule has 6 heteroatoms. The van der Waals surface area contributed by atoms with E-state index < -0.39 is 0 Å². The SMILES string of the molecule is O=C(NCCc1ccccc1)c1cc(-c2ccccc2Cl)nn1-c1ccc(F)cc1. The normalized spacial score (nSPS) is 10.7. The summed E-state index contributed by atoms with van der Waals surface area (Å²) in [6.07, 6.45) is 0.717. The lowest BCUT2D eigenvalue weighted by molar-refractivity contribution is 0.0946. The number of hydrogen-bond acceptors (Lipinski definition) is 2. The molecule has 0 spiro atoms. The molecule has 1 heterocycles. The predicted octanol–water partition coefficient (Wildman–Crippen LogP) is 5.30. The summed E-state index contributed by atoms with van der Waals surface area (Å²) in [7, 11) is 0. The number of nitrogens with zero attached hydrogens (tertiary/aromatic N) is 2. The molecule has 0 saturated carbocycles. The van der Waals surface area contributed by atoms with Crippen molar-refractivity contribution in [2.75, 3.05) is 6.54 Å². The molecule has 0 aliphatic carbocycles. The van der Waals surface area contributed by atoms with Crippen molar-refractivity contribution in [3.05, 3.63) is 107 Å². The zero-order valence-electron chi connectivity index (χ0n) is 16.1. The third kappa shape index (κ3) is 4.42. The number of benzene rings is 3. The number of rotatable bonds is 6. The molecule has 30 heavy (non-hydrogen) atoms. The Labute approximate surface area is 178 Å². The fraction of sp³-hybridized carbons (Fsp3) is 0.0833. The second-order valence-corrected chi connectivity index (χ2v) is 7.18. The van der Waals surface area contributed by atoms with Gasteiger partial charge in [-0.3, -0.25) is 4.79 Å². The summed E-state index contributed by atoms with van der Waals surface area (Å²) in [6, 6.07) is 24.8. The highest BCUT2D eigenvalue weighted by Gasteiger charge is 2.18. The molecule has 4 rings (SSSR count). The topological polar surface area (TPSA) is 46.9 Å². The van der Waals surface area contributed by atoms with Crippen LogP contribution in [0.25, 0.3) is 16.9 Å². The number of hydrogen-bond donors (Lipinski definition) is 1. The molecule has 1 aromatic heterocycles. The van der Waals surface area contributed by atoms with E-state index in [2.05, 4.69) is 10.4 Å². The van der Waals surface area contributed by atoms with Gasteiger partial charge in [-0.2, -0.15) is 5.10 Å². The summed E-state index contributed by atoms with van der Waals surface area (Å²) in [5, 5.41) is 8.06. The highest BCUT2D eigenvalue weighted by molar-refractivity contribution is 6.33. The minimum Gasteiger partial charge on any atom is -0.350 e. The second-order valence-electron chi connectivity index (χ2n) is 6.77. The van der Waals surface area contributed by atoms with E-state index in [1.807, 2.05) is 48.5 Å². The predicted molar refractivity (Wildman–Crippen MR) is 116 cm³/mol. The zero-order valence-corrected chi connectivity index (χ0v) is 16.8. The van der Waals surface area contributed by atoms with Gasteiger partial charge in [0, 0.05) is 12.1 Å². The largest absolute Gasteiger partial charge is 0.350 e. The number of aromatic nitrogens is 2. The standard InChI is InChI=1S/C24H19ClFN3O/c25-21-9-5-4-8-20(21)22-16-23(29(28-22)19-12-10-18(26)11-13-19)24(30)27-15-14-17-6-2-1-3-7-17/h1-13,16H,14-15H2,(H,27,30). The monoisotopic (exact) mass is 419 g/mol. The van der Waals surface area contributed by atoms with Crippen LogP contribution in [-0.4, -0.2) is 22.2 Å². The molecule has 0 fully saturated rings. The van der Waals surface area contributed by atoms with E-state index in [9.17, 15) is 9.18 Å². The lowest BCUT2D eigenvalue weighted by Crippen LogP contribution is -2.27. The van der Waals surface area contributed by atoms with Crippen LogP contribution in [0.4, 0.5) is 4.39 Å². The van der Waals surface area contributed by atoms with E-state index in [1.165, 1.54) is 16.8 Å². The molecule has 4 nitrogen and oxygen atoms in total. The van der Waals surface area contributed by atoms with Crippen molar-refractivity contribution in [1.82, 2.24) is 15.1 Å². The van der Waals surface area contributed by atoms with Crippen molar-refractivity contribution in [3.63, 3.8) is 0 Å². The number of halogens is 2. The maximum absolute atomic E-state index is 13.4. The van der Waals surface area contributed by atoms with E-state index in [1.54, 1.807) is 24.3 Å². The van der Waals surface area contributed by atoms with E-state index >= 15 is 0 Å². The van der Waals surface area contributed by atoms with Crippen LogP contribution >= 0.6 is 11.6 Å². The van der Waals surface area contributed by atoms with Gasteiger partial charge in [-0.05, 0) is 48.4 Å². The summed E-state index contributed by atoms with van der Waals surface area (Å²) >= 11 is 6.32. The van der Waals surface area contributed by atoms with E-state index in [-0.39, 0.29) is 11.7 Å². The van der Waals surface area contributed by atoms with Crippen molar-refractivity contribution in [3.8, 4) is 16.9 Å². The van der Waals surface area contributed by atoms with Gasteiger partial charge in [0.05, 0.1) is 16.4 Å². The van der Waals surface area contributed by atoms with Crippen LogP contribution in [0.5, 0.6) is 0 Å². The molecule has 150 valence electrons. The Hall–Kier alpha value is -3.44. The number of amides is 1. The van der Waals surface area contributed by atoms with Crippen LogP contribution < -0.4 is 5.32 Å². The number of nitrogens with one attached hydrogen (secondary N) is 1. The molecule has 3 aromatic carbocycles. The first-order chi connectivity index (χ1) is 14.6. The van der Waals surface area contributed by atoms with Gasteiger partial charge in [-0.15, -0.1) is 0 Å². The molecule has 0 unspecified atom stereocenters. The summed E-state index contributed by atoms with van der Waals surface area (Å²) in [4.78, 5) is 12.9. The summed E-state index contributed by atoms with van der Waals surface area (Å²) in [5.74, 6) is -0.618. The maximum Gasteiger partial charge on any atom is 0.270 e. The van der Waals surface area contributed by atoms with Gasteiger partial charge < -0.3 is 5.32 Å². The molecule has 0 bridgehead atoms. The summed E-state index contributed by atoms with van der Waals surface area (Å²) in [5.41, 5.74) is 3.37. The molecule has 1 amide bonds. The average molecular weight is 420 g/mol. The summed E-state index contributed by atoms with van der Waals surface area (Å²) < 4.78 is 14.9. The Morgan fingerprint density at radius 1 is 0.967 bits per heavy atom. The van der Waals surface area contributed by atoms with Gasteiger partial charge in [0.2, 0.25) is 0 Å². The molecule has 0 radical (unpaired) electrons. The Morgan fingerprint density at radius 2 is 1.67 bits per heavy atom. The first kappa shape index (κ1) is 19.9. The van der Waals surface area contributed by atoms with Gasteiger partial charge in [0.15, 0.2) is 0 Å². The summed E-state index contributed by atoms with van der Waals surface area (Å²) in [6.45, 7) is 0.485. The Morgan fingerprint density at radius 3 is 2.40 bits per heavy atom. The van der Waals surface area contributed by atoms with Crippen molar-refractivity contribution < 1.29 is 9.18 Å². The van der Waals surface area contributed by atoms with Gasteiger partial charge in [0.25, 0.3) is 5.91 Å². The van der Waals surface area contributed by atoms with Crippen LogP contribution in [0.2, 0.25) is 5.02 Å². The first-order valence-corrected chi connectivity index (χ1v) is 9.92. The Balaban J connectivity index is 1.63. The van der Waals surface area contributed by atoms with Gasteiger partial charge in [0.1, 0.15) is 11.5 Å². The first-order valence-electron chi connectivity index (χ1n) is 9.55. The zero-order chi connectivity index (χ0) is 20.9. The molecule has 0 saturated heterocycles. The lowest BCUT2D eigenvalue weighted by Gasteiger charge is -2.08. The van der Waals surface area contributed by atoms with Crippen LogP contribution in [0.1, 0.15) is 16.1 Å². The molecule has 0 aliphatic rings. The van der Waals surface area contributed by atoms with Crippen LogP contribution in [-0.2, 0) is 6.42 Å². The Kier molecular flexibility index (Phi) is 5.91. The molecule has 4 aromatic rings. The van der Waals surface area contributed by atoms with Crippen LogP contribution in [0.15, 0.2) is 84.9 Å². The fourth-order valence-electron chi connectivity index (χ4n) is 3.18. The highest BCUT2D eigenvalue weighted by atomic mass is 35.5. The maximum atomic E-state index is 13.4. The quantitative estimate of drug-likeness (QED) is 0.460. The van der Waals surface area contributed by atoms with E-state index in [0.717, 1.165) is 11.1 Å². The smallest absolute Gasteiger partial charge is 0.270 e. The van der Waals surface area contributed by atoms with Crippen molar-refractivity contribution in [1.29, 1.82) is 0 Å². The van der Waals surface area contributed by atoms with Gasteiger partial charge in [-0.1, -0.05) is 60.1 Å². The molecule has 0 aliphatic heterocycles. The minimum atomic E-state index is -0.355. The molecule has 0 atom stereocenters. The molecular weight excluding hydrogens is 401 g/mol. The highest BCUT2D eigenvalue weighted by Crippen LogP contribution is 2.28.